The number of nitrogens with zero attached hydrogens (tertiary/aromatic N) is 1. The third kappa shape index (κ3) is 9.59. The highest BCUT2D eigenvalue weighted by Crippen LogP contribution is 2.18. The van der Waals surface area contributed by atoms with Crippen LogP contribution in [0.15, 0.2) is 103 Å². The molecular formula is C37H39FN4O4. The average Bonchev–Trinajstić information content (AvgIpc) is 3.07. The van der Waals surface area contributed by atoms with E-state index in [-0.39, 0.29) is 25.3 Å². The number of fused-ring (bicyclic) bond motifs is 1. The van der Waals surface area contributed by atoms with Crippen molar-refractivity contribution in [3.05, 3.63) is 126 Å². The Morgan fingerprint density at radius 3 is 2.15 bits per heavy atom. The number of halogens is 1. The number of carbonyl (C=O) groups excluding carboxylic acids is 4. The second-order valence-electron chi connectivity index (χ2n) is 10.8. The Hall–Kier alpha value is -5.31. The number of carbonyl (C=O) groups is 4. The molecule has 238 valence electrons. The summed E-state index contributed by atoms with van der Waals surface area (Å²) in [5.41, 5.74) is 2.32. The minimum Gasteiger partial charge on any atom is -0.350 e. The maximum absolute atomic E-state index is 13.7. The van der Waals surface area contributed by atoms with Crippen LogP contribution in [0.1, 0.15) is 37.0 Å². The van der Waals surface area contributed by atoms with Crippen LogP contribution in [-0.2, 0) is 32.1 Å². The van der Waals surface area contributed by atoms with E-state index < -0.39 is 35.6 Å². The molecule has 0 aliphatic carbocycles. The lowest BCUT2D eigenvalue weighted by atomic mass is 10.0. The van der Waals surface area contributed by atoms with Gasteiger partial charge < -0.3 is 20.9 Å². The minimum atomic E-state index is -1.25. The van der Waals surface area contributed by atoms with Crippen molar-refractivity contribution in [2.75, 3.05) is 13.1 Å². The summed E-state index contributed by atoms with van der Waals surface area (Å²) >= 11 is 0. The monoisotopic (exact) mass is 622 g/mol. The first-order chi connectivity index (χ1) is 22.3. The van der Waals surface area contributed by atoms with Crippen molar-refractivity contribution in [2.24, 2.45) is 0 Å². The summed E-state index contributed by atoms with van der Waals surface area (Å²) in [4.78, 5) is 54.9. The molecule has 9 heteroatoms. The summed E-state index contributed by atoms with van der Waals surface area (Å²) in [5, 5.41) is 10.4. The summed E-state index contributed by atoms with van der Waals surface area (Å²) < 4.78 is 13.6. The highest BCUT2D eigenvalue weighted by Gasteiger charge is 2.29. The van der Waals surface area contributed by atoms with Gasteiger partial charge in [-0.05, 0) is 59.5 Å². The molecule has 0 saturated heterocycles. The first-order valence-corrected chi connectivity index (χ1v) is 15.4. The Kier molecular flexibility index (Phi) is 12.2. The molecule has 0 aliphatic rings. The van der Waals surface area contributed by atoms with Gasteiger partial charge in [-0.15, -0.1) is 0 Å². The van der Waals surface area contributed by atoms with Gasteiger partial charge >= 0.3 is 0 Å². The van der Waals surface area contributed by atoms with Gasteiger partial charge in [-0.3, -0.25) is 19.2 Å². The van der Waals surface area contributed by atoms with Crippen molar-refractivity contribution < 1.29 is 23.6 Å². The van der Waals surface area contributed by atoms with Gasteiger partial charge in [-0.1, -0.05) is 84.9 Å². The largest absolute Gasteiger partial charge is 0.350 e. The van der Waals surface area contributed by atoms with Gasteiger partial charge in [-0.2, -0.15) is 0 Å². The lowest BCUT2D eigenvalue weighted by Gasteiger charge is -2.25. The Morgan fingerprint density at radius 2 is 1.43 bits per heavy atom. The molecule has 3 N–H and O–H groups in total. The average molecular weight is 623 g/mol. The third-order valence-electron chi connectivity index (χ3n) is 7.67. The van der Waals surface area contributed by atoms with Gasteiger partial charge in [0.05, 0.1) is 6.42 Å². The van der Waals surface area contributed by atoms with Crippen LogP contribution in [0.4, 0.5) is 4.39 Å². The van der Waals surface area contributed by atoms with E-state index in [9.17, 15) is 23.6 Å². The Morgan fingerprint density at radius 1 is 0.761 bits per heavy atom. The number of rotatable bonds is 14. The number of amides is 4. The van der Waals surface area contributed by atoms with Crippen molar-refractivity contribution in [1.82, 2.24) is 20.9 Å². The quantitative estimate of drug-likeness (QED) is 0.176. The molecule has 0 aromatic heterocycles. The zero-order valence-corrected chi connectivity index (χ0v) is 26.0. The van der Waals surface area contributed by atoms with E-state index in [1.165, 1.54) is 18.2 Å². The minimum absolute atomic E-state index is 0.0615. The molecule has 4 aromatic carbocycles. The normalized spacial score (nSPS) is 12.3. The molecule has 0 radical (unpaired) electrons. The predicted molar refractivity (Wildman–Crippen MR) is 178 cm³/mol. The van der Waals surface area contributed by atoms with Crippen molar-refractivity contribution in [2.45, 2.75) is 45.3 Å². The Balaban J connectivity index is 1.54. The summed E-state index contributed by atoms with van der Waals surface area (Å²) in [6.45, 7) is 4.75. The van der Waals surface area contributed by atoms with E-state index in [0.29, 0.717) is 18.7 Å². The van der Waals surface area contributed by atoms with Gasteiger partial charge in [0.25, 0.3) is 0 Å². The molecule has 8 nitrogen and oxygen atoms in total. The number of hydrogen-bond donors (Lipinski definition) is 3. The lowest BCUT2D eigenvalue weighted by molar-refractivity contribution is -0.136. The predicted octanol–water partition coefficient (Wildman–Crippen LogP) is 4.78. The molecule has 0 unspecified atom stereocenters. The molecule has 4 aromatic rings. The van der Waals surface area contributed by atoms with E-state index in [1.54, 1.807) is 23.1 Å². The molecule has 0 saturated carbocycles. The molecular weight excluding hydrogens is 583 g/mol. The van der Waals surface area contributed by atoms with E-state index in [2.05, 4.69) is 16.0 Å². The van der Waals surface area contributed by atoms with Gasteiger partial charge in [0.1, 0.15) is 17.9 Å². The maximum Gasteiger partial charge on any atom is 0.244 e. The van der Waals surface area contributed by atoms with Crippen LogP contribution in [0.25, 0.3) is 16.8 Å². The van der Waals surface area contributed by atoms with Crippen molar-refractivity contribution in [3.8, 4) is 0 Å². The van der Waals surface area contributed by atoms with Crippen LogP contribution in [0, 0.1) is 5.82 Å². The van der Waals surface area contributed by atoms with Gasteiger partial charge in [0.2, 0.25) is 23.6 Å². The van der Waals surface area contributed by atoms with Crippen LogP contribution in [0.2, 0.25) is 0 Å². The zero-order valence-electron chi connectivity index (χ0n) is 26.0. The van der Waals surface area contributed by atoms with Crippen LogP contribution in [0.3, 0.4) is 0 Å². The van der Waals surface area contributed by atoms with Crippen LogP contribution in [0.5, 0.6) is 0 Å². The molecule has 4 amide bonds. The van der Waals surface area contributed by atoms with Crippen LogP contribution >= 0.6 is 0 Å². The highest BCUT2D eigenvalue weighted by molar-refractivity contribution is 5.98. The van der Waals surface area contributed by atoms with Crippen LogP contribution < -0.4 is 16.0 Å². The highest BCUT2D eigenvalue weighted by atomic mass is 19.1. The van der Waals surface area contributed by atoms with Crippen molar-refractivity contribution >= 4 is 40.5 Å². The van der Waals surface area contributed by atoms with Gasteiger partial charge in [0.15, 0.2) is 0 Å². The number of benzene rings is 4. The Labute approximate surface area is 268 Å². The fraction of sp³-hybridized carbons (Fsp3) is 0.243. The van der Waals surface area contributed by atoms with E-state index in [0.717, 1.165) is 21.9 Å². The first-order valence-electron chi connectivity index (χ1n) is 15.4. The van der Waals surface area contributed by atoms with E-state index in [1.807, 2.05) is 86.6 Å². The SMILES string of the molecule is CCN(CC)C(=O)C[C@H](NC(=O)/C=C/c1ccccc1)C(=O)N[C@@H](Cc1ccc(F)cc1)C(=O)NCc1cccc2ccccc12. The summed E-state index contributed by atoms with van der Waals surface area (Å²) in [7, 11) is 0. The molecule has 2 atom stereocenters. The number of nitrogens with one attached hydrogen (secondary N) is 3. The lowest BCUT2D eigenvalue weighted by Crippen LogP contribution is -2.55. The second-order valence-corrected chi connectivity index (χ2v) is 10.8. The zero-order chi connectivity index (χ0) is 32.9. The standard InChI is InChI=1S/C37H39FN4O4/c1-3-42(4-2)35(44)24-33(40-34(43)22-19-26-11-6-5-7-12-26)37(46)41-32(23-27-17-20-30(38)21-18-27)36(45)39-25-29-15-10-14-28-13-8-9-16-31(28)29/h5-22,32-33H,3-4,23-25H2,1-2H3,(H,39,45)(H,40,43)(H,41,46)/b22-19+/t32-,33-/m0/s1. The fourth-order valence-corrected chi connectivity index (χ4v) is 5.14. The molecule has 4 rings (SSSR count). The molecule has 0 fully saturated rings. The molecule has 0 heterocycles. The molecule has 0 spiro atoms. The maximum atomic E-state index is 13.7. The number of hydrogen-bond acceptors (Lipinski definition) is 4. The summed E-state index contributed by atoms with van der Waals surface area (Å²) in [6, 6.07) is 26.2. The molecule has 46 heavy (non-hydrogen) atoms. The van der Waals surface area contributed by atoms with Crippen molar-refractivity contribution in [1.29, 1.82) is 0 Å². The topological polar surface area (TPSA) is 108 Å². The van der Waals surface area contributed by atoms with Crippen molar-refractivity contribution in [3.63, 3.8) is 0 Å². The fourth-order valence-electron chi connectivity index (χ4n) is 5.14. The second kappa shape index (κ2) is 16.7. The molecule has 0 aliphatic heterocycles. The first kappa shape index (κ1) is 33.6. The van der Waals surface area contributed by atoms with E-state index in [4.69, 9.17) is 0 Å². The smallest absolute Gasteiger partial charge is 0.244 e. The van der Waals surface area contributed by atoms with Crippen LogP contribution in [-0.4, -0.2) is 53.7 Å². The van der Waals surface area contributed by atoms with Gasteiger partial charge in [-0.25, -0.2) is 4.39 Å². The van der Waals surface area contributed by atoms with E-state index >= 15 is 0 Å². The van der Waals surface area contributed by atoms with Gasteiger partial charge in [0, 0.05) is 32.1 Å². The third-order valence-corrected chi connectivity index (χ3v) is 7.67. The Bertz CT molecular complexity index is 1660. The summed E-state index contributed by atoms with van der Waals surface area (Å²) in [6.07, 6.45) is 2.67. The molecule has 0 bridgehead atoms. The summed E-state index contributed by atoms with van der Waals surface area (Å²) in [5.74, 6) is -2.45.